The molecule has 0 unspecified atom stereocenters. The zero-order chi connectivity index (χ0) is 62.7. The number of anilines is 2. The van der Waals surface area contributed by atoms with Crippen LogP contribution in [-0.2, 0) is 22.4 Å². The minimum absolute atomic E-state index is 0.00905. The number of hydrogen-bond acceptors (Lipinski definition) is 11. The van der Waals surface area contributed by atoms with E-state index in [0.717, 1.165) is 84.7 Å². The highest BCUT2D eigenvalue weighted by Crippen LogP contribution is 2.39. The second-order valence-electron chi connectivity index (χ2n) is 21.7. The van der Waals surface area contributed by atoms with Gasteiger partial charge in [0.05, 0.1) is 0 Å². The maximum Gasteiger partial charge on any atom is 0.328 e. The largest absolute Gasteiger partial charge is 0.478 e. The lowest BCUT2D eigenvalue weighted by Crippen LogP contribution is -2.42. The fourth-order valence-electron chi connectivity index (χ4n) is 10.4. The van der Waals surface area contributed by atoms with Crippen LogP contribution in [0, 0.1) is 0 Å². The number of aromatic nitrogens is 3. The number of ketones is 1. The van der Waals surface area contributed by atoms with Crippen molar-refractivity contribution in [2.75, 3.05) is 37.6 Å². The molecule has 0 aliphatic carbocycles. The first-order chi connectivity index (χ1) is 42.9. The van der Waals surface area contributed by atoms with E-state index < -0.39 is 17.8 Å². The number of amides is 2. The van der Waals surface area contributed by atoms with Crippen molar-refractivity contribution in [3.05, 3.63) is 223 Å². The predicted octanol–water partition coefficient (Wildman–Crippen LogP) is 15.2. The van der Waals surface area contributed by atoms with Gasteiger partial charge in [-0.2, -0.15) is 0 Å². The number of hydrogen-bond donors (Lipinski definition) is 3. The Bertz CT molecular complexity index is 4170. The van der Waals surface area contributed by atoms with Crippen LogP contribution >= 0.6 is 0 Å². The van der Waals surface area contributed by atoms with Crippen LogP contribution in [0.15, 0.2) is 198 Å². The van der Waals surface area contributed by atoms with Gasteiger partial charge in [-0.1, -0.05) is 49.4 Å². The number of aliphatic carboxylic acids is 1. The van der Waals surface area contributed by atoms with Crippen LogP contribution in [-0.4, -0.2) is 91.4 Å². The van der Waals surface area contributed by atoms with Gasteiger partial charge < -0.3 is 35.2 Å². The number of benzene rings is 5. The predicted molar refractivity (Wildman–Crippen MR) is 338 cm³/mol. The summed E-state index contributed by atoms with van der Waals surface area (Å²) in [6, 6.07) is 45.2. The van der Waals surface area contributed by atoms with Gasteiger partial charge in [-0.15, -0.1) is 0 Å². The van der Waals surface area contributed by atoms with Crippen LogP contribution in [0.3, 0.4) is 0 Å². The molecule has 2 aliphatic rings. The average molecular weight is 1200 g/mol. The van der Waals surface area contributed by atoms with E-state index >= 15 is 0 Å². The van der Waals surface area contributed by atoms with E-state index in [-0.39, 0.29) is 69.5 Å². The van der Waals surface area contributed by atoms with Crippen LogP contribution < -0.4 is 11.5 Å². The van der Waals surface area contributed by atoms with E-state index in [1.165, 1.54) is 22.1 Å². The number of rotatable bonds is 14. The van der Waals surface area contributed by atoms with Crippen LogP contribution in [0.4, 0.5) is 29.1 Å². The number of fused-ring (bicyclic) bond motifs is 2. The van der Waals surface area contributed by atoms with Crippen molar-refractivity contribution in [2.45, 2.75) is 63.7 Å². The molecule has 14 nitrogen and oxygen atoms in total. The summed E-state index contributed by atoms with van der Waals surface area (Å²) in [5, 5.41) is 10.2. The standard InChI is InChI=1S/C36H31F2N3O3.C27H24F2N2O2.C8H8N2O2/c37-36(38)15-19-41(20-16-36)35(43)27-6-4-25(5-7-27)28-21-29-22-32(44-34(29)33(23-28)26-13-17-40-18-14-26)12-11-31(42)10-3-24-1-8-30(39)9-2-24;1-2-23-16-22-15-21(17-24(25(22)33-23)19-7-11-30-12-8-19)18-3-5-20(6-4-18)26(32)31-13-9-27(28,29)10-14-31;9-7-3-1-6(5-10-7)2-4-8(11)12/h1-10,13-14,17-18,21-23H,11-12,15-16,19-20,39H2;3-8,11-12,15-17H,2,9-10,13-14H2,1H3;1-5H,(H2,9,10)(H,11,12)/b10-3+;;4-2+. The van der Waals surface area contributed by atoms with Gasteiger partial charge in [0.1, 0.15) is 28.5 Å². The lowest BCUT2D eigenvalue weighted by Gasteiger charge is -2.31. The number of furan rings is 2. The fraction of sp³-hybridized carbons (Fsp3) is 0.197. The molecule has 2 saturated heterocycles. The molecule has 7 heterocycles. The van der Waals surface area contributed by atoms with Crippen LogP contribution in [0.25, 0.3) is 78.6 Å². The number of carbonyl (C=O) groups is 4. The molecule has 10 aromatic rings. The third kappa shape index (κ3) is 15.9. The van der Waals surface area contributed by atoms with E-state index in [2.05, 4.69) is 40.1 Å². The van der Waals surface area contributed by atoms with Gasteiger partial charge in [-0.25, -0.2) is 27.3 Å². The van der Waals surface area contributed by atoms with Crippen LogP contribution in [0.2, 0.25) is 0 Å². The Hall–Kier alpha value is -10.5. The normalized spacial score (nSPS) is 14.5. The van der Waals surface area contributed by atoms with E-state index in [1.807, 2.05) is 78.9 Å². The number of nitrogen functional groups attached to an aromatic ring is 2. The number of alkyl halides is 4. The number of halogens is 4. The number of carbonyl (C=O) groups excluding carboxylic acids is 3. The number of likely N-dealkylation sites (tertiary alicyclic amines) is 2. The van der Waals surface area contributed by atoms with Crippen molar-refractivity contribution in [1.82, 2.24) is 24.8 Å². The van der Waals surface area contributed by atoms with Crippen molar-refractivity contribution in [2.24, 2.45) is 0 Å². The van der Waals surface area contributed by atoms with Gasteiger partial charge in [0.2, 0.25) is 0 Å². The van der Waals surface area contributed by atoms with E-state index in [9.17, 15) is 36.7 Å². The molecule has 5 aromatic carbocycles. The first-order valence-electron chi connectivity index (χ1n) is 29.0. The van der Waals surface area contributed by atoms with Gasteiger partial charge >= 0.3 is 5.97 Å². The molecule has 0 saturated carbocycles. The summed E-state index contributed by atoms with van der Waals surface area (Å²) in [6.45, 7) is 2.32. The van der Waals surface area contributed by atoms with Gasteiger partial charge in [0.25, 0.3) is 23.7 Å². The SMILES string of the molecule is CCc1cc2cc(-c3ccc(C(=O)N4CCC(F)(F)CC4)cc3)cc(-c3ccncc3)c2o1.Nc1ccc(/C=C/C(=O)CCc2cc3cc(-c4ccc(C(=O)N5CCC(F)(F)CC5)cc4)cc(-c4ccncc4)c3o2)cc1.Nc1ccc(/C=C/C(=O)O)cn1. The summed E-state index contributed by atoms with van der Waals surface area (Å²) in [5.74, 6) is -4.76. The molecule has 452 valence electrons. The summed E-state index contributed by atoms with van der Waals surface area (Å²) in [6.07, 6.45) is 14.7. The second kappa shape index (κ2) is 27.5. The molecule has 2 fully saturated rings. The number of nitrogens with zero attached hydrogens (tertiary/aromatic N) is 5. The Kier molecular flexibility index (Phi) is 19.0. The monoisotopic (exact) mass is 1200 g/mol. The molecule has 2 amide bonds. The third-order valence-electron chi connectivity index (χ3n) is 15.4. The average Bonchev–Trinajstić information content (AvgIpc) is 1.99. The van der Waals surface area contributed by atoms with Gasteiger partial charge in [0.15, 0.2) is 5.78 Å². The Balaban J connectivity index is 0.000000170. The fourth-order valence-corrected chi connectivity index (χ4v) is 10.4. The highest BCUT2D eigenvalue weighted by molar-refractivity contribution is 6.00. The van der Waals surface area contributed by atoms with Crippen LogP contribution in [0.1, 0.15) is 82.4 Å². The molecular weight excluding hydrogens is 1140 g/mol. The molecule has 89 heavy (non-hydrogen) atoms. The lowest BCUT2D eigenvalue weighted by atomic mass is 9.96. The maximum absolute atomic E-state index is 13.6. The number of pyridine rings is 3. The Morgan fingerprint density at radius 2 is 0.989 bits per heavy atom. The smallest absolute Gasteiger partial charge is 0.328 e. The molecule has 5 aromatic heterocycles. The molecule has 0 radical (unpaired) electrons. The number of aryl methyl sites for hydroxylation is 2. The molecule has 12 rings (SSSR count). The minimum Gasteiger partial charge on any atom is -0.478 e. The molecule has 0 atom stereocenters. The van der Waals surface area contributed by atoms with Crippen LogP contribution in [0.5, 0.6) is 0 Å². The molecule has 18 heteroatoms. The molecule has 2 aliphatic heterocycles. The molecule has 0 spiro atoms. The maximum atomic E-state index is 13.6. The molecule has 5 N–H and O–H groups in total. The zero-order valence-electron chi connectivity index (χ0n) is 48.6. The number of piperidine rings is 2. The van der Waals surface area contributed by atoms with Gasteiger partial charge in [-0.3, -0.25) is 24.4 Å². The summed E-state index contributed by atoms with van der Waals surface area (Å²) in [7, 11) is 0. The highest BCUT2D eigenvalue weighted by atomic mass is 19.3. The number of carboxylic acid groups (broad SMARTS) is 1. The first kappa shape index (κ1) is 61.6. The quantitative estimate of drug-likeness (QED) is 0.0527. The highest BCUT2D eigenvalue weighted by Gasteiger charge is 2.37. The van der Waals surface area contributed by atoms with Gasteiger partial charge in [0, 0.05) is 147 Å². The van der Waals surface area contributed by atoms with E-state index in [4.69, 9.17) is 25.4 Å². The molecule has 0 bridgehead atoms. The Labute approximate surface area is 510 Å². The second-order valence-corrected chi connectivity index (χ2v) is 21.7. The number of carboxylic acids is 1. The topological polar surface area (TPSA) is 212 Å². The van der Waals surface area contributed by atoms with E-state index in [1.54, 1.807) is 85.5 Å². The summed E-state index contributed by atoms with van der Waals surface area (Å²) in [5.41, 5.74) is 23.5. The summed E-state index contributed by atoms with van der Waals surface area (Å²) < 4.78 is 66.4. The van der Waals surface area contributed by atoms with E-state index in [0.29, 0.717) is 52.4 Å². The Morgan fingerprint density at radius 1 is 0.539 bits per heavy atom. The first-order valence-corrected chi connectivity index (χ1v) is 29.0. The van der Waals surface area contributed by atoms with Crippen molar-refractivity contribution in [1.29, 1.82) is 0 Å². The number of allylic oxidation sites excluding steroid dienone is 1. The van der Waals surface area contributed by atoms with Crippen molar-refractivity contribution >= 4 is 69.2 Å². The van der Waals surface area contributed by atoms with Crippen molar-refractivity contribution < 1.29 is 50.7 Å². The Morgan fingerprint density at radius 3 is 1.44 bits per heavy atom. The van der Waals surface area contributed by atoms with Crippen molar-refractivity contribution in [3.63, 3.8) is 0 Å². The third-order valence-corrected chi connectivity index (χ3v) is 15.4. The number of nitrogens with two attached hydrogens (primary N) is 2. The van der Waals surface area contributed by atoms with Gasteiger partial charge in [-0.05, 0) is 166 Å². The summed E-state index contributed by atoms with van der Waals surface area (Å²) in [4.78, 5) is 63.5. The zero-order valence-corrected chi connectivity index (χ0v) is 48.6. The van der Waals surface area contributed by atoms with Crippen molar-refractivity contribution in [3.8, 4) is 44.5 Å². The molecular formula is C71H63F4N7O7. The minimum atomic E-state index is -2.70. The lowest BCUT2D eigenvalue weighted by molar-refractivity contribution is -0.131. The summed E-state index contributed by atoms with van der Waals surface area (Å²) >= 11 is 0.